The number of nitrogen functional groups attached to an aromatic ring is 1. The number of hydrogen-bond acceptors (Lipinski definition) is 8. The molecule has 0 aliphatic rings. The van der Waals surface area contributed by atoms with E-state index < -0.39 is 12.1 Å². The number of nitrogens with two attached hydrogens (primary N) is 1. The minimum atomic E-state index is -0.827. The van der Waals surface area contributed by atoms with Gasteiger partial charge in [0.05, 0.1) is 13.3 Å². The second kappa shape index (κ2) is 7.07. The van der Waals surface area contributed by atoms with E-state index in [1.54, 1.807) is 37.4 Å². The van der Waals surface area contributed by atoms with Crippen molar-refractivity contribution in [2.75, 3.05) is 12.4 Å². The first-order chi connectivity index (χ1) is 12.5. The zero-order chi connectivity index (χ0) is 18.7. The van der Waals surface area contributed by atoms with E-state index in [-0.39, 0.29) is 0 Å². The molecule has 1 amide bonds. The van der Waals surface area contributed by atoms with Crippen LogP contribution in [0.1, 0.15) is 15.9 Å². The molecule has 0 saturated heterocycles. The Hall–Kier alpha value is -3.66. The van der Waals surface area contributed by atoms with Gasteiger partial charge in [0.1, 0.15) is 11.8 Å². The maximum Gasteiger partial charge on any atom is 0.513 e. The van der Waals surface area contributed by atoms with Crippen LogP contribution in [0.2, 0.25) is 0 Å². The van der Waals surface area contributed by atoms with Crippen molar-refractivity contribution in [3.8, 4) is 5.75 Å². The molecule has 2 heterocycles. The number of anilines is 2. The van der Waals surface area contributed by atoms with E-state index in [0.717, 1.165) is 0 Å². The number of carbonyl (C=O) groups is 2. The molecule has 3 aromatic rings. The van der Waals surface area contributed by atoms with Crippen molar-refractivity contribution in [1.29, 1.82) is 0 Å². The van der Waals surface area contributed by atoms with Crippen molar-refractivity contribution in [2.45, 2.75) is 6.92 Å². The molecule has 1 aromatic carbocycles. The third kappa shape index (κ3) is 3.26. The number of rotatable bonds is 4. The number of hydrogen-bond donors (Lipinski definition) is 3. The summed E-state index contributed by atoms with van der Waals surface area (Å²) in [7, 11) is 1.23. The van der Waals surface area contributed by atoms with Gasteiger partial charge in [-0.15, -0.1) is 0 Å². The van der Waals surface area contributed by atoms with E-state index in [1.165, 1.54) is 18.0 Å². The number of ether oxygens (including phenoxy) is 2. The van der Waals surface area contributed by atoms with Gasteiger partial charge >= 0.3 is 6.16 Å². The Bertz CT molecular complexity index is 984. The van der Waals surface area contributed by atoms with Crippen LogP contribution >= 0.6 is 0 Å². The summed E-state index contributed by atoms with van der Waals surface area (Å²) < 4.78 is 11.1. The monoisotopic (exact) mass is 356 g/mol. The fourth-order valence-corrected chi connectivity index (χ4v) is 2.42. The number of amides is 1. The topological polar surface area (TPSA) is 133 Å². The summed E-state index contributed by atoms with van der Waals surface area (Å²) in [6.45, 7) is 1.76. The summed E-state index contributed by atoms with van der Waals surface area (Å²) in [5.41, 5.74) is 4.36. The van der Waals surface area contributed by atoms with Gasteiger partial charge in [-0.1, -0.05) is 6.07 Å². The van der Waals surface area contributed by atoms with Gasteiger partial charge in [-0.25, -0.2) is 20.1 Å². The van der Waals surface area contributed by atoms with Gasteiger partial charge in [-0.05, 0) is 25.1 Å². The summed E-state index contributed by atoms with van der Waals surface area (Å²) in [5.74, 6) is 5.53. The first-order valence-electron chi connectivity index (χ1n) is 7.50. The highest BCUT2D eigenvalue weighted by Crippen LogP contribution is 2.30. The number of hydrazine groups is 1. The Morgan fingerprint density at radius 2 is 2.12 bits per heavy atom. The summed E-state index contributed by atoms with van der Waals surface area (Å²) in [6, 6.07) is 6.75. The molecule has 134 valence electrons. The van der Waals surface area contributed by atoms with Crippen LogP contribution in [-0.2, 0) is 4.74 Å². The molecule has 10 heteroatoms. The maximum atomic E-state index is 11.7. The number of nitrogens with zero attached hydrogens (tertiary/aromatic N) is 3. The maximum absolute atomic E-state index is 11.7. The Labute approximate surface area is 147 Å². The van der Waals surface area contributed by atoms with Crippen molar-refractivity contribution in [3.05, 3.63) is 47.9 Å². The lowest BCUT2D eigenvalue weighted by molar-refractivity contribution is 0.0953. The predicted octanol–water partition coefficient (Wildman–Crippen LogP) is 1.53. The highest BCUT2D eigenvalue weighted by molar-refractivity contribution is 5.95. The smallest absolute Gasteiger partial charge is 0.437 e. The zero-order valence-electron chi connectivity index (χ0n) is 14.0. The number of carbonyl (C=O) groups excluding carboxylic acids is 2. The van der Waals surface area contributed by atoms with Crippen LogP contribution in [0.25, 0.3) is 5.52 Å². The quantitative estimate of drug-likeness (QED) is 0.277. The molecule has 0 aliphatic heterocycles. The molecule has 0 saturated carbocycles. The number of nitrogens with one attached hydrogen (secondary N) is 2. The molecule has 3 rings (SSSR count). The fraction of sp³-hybridized carbons (Fsp3) is 0.125. The molecular weight excluding hydrogens is 340 g/mol. The summed E-state index contributed by atoms with van der Waals surface area (Å²) in [6.07, 6.45) is 2.08. The number of methoxy groups -OCH3 is 1. The van der Waals surface area contributed by atoms with Gasteiger partial charge in [0.2, 0.25) is 0 Å². The first-order valence-corrected chi connectivity index (χ1v) is 7.50. The fourth-order valence-electron chi connectivity index (χ4n) is 2.42. The lowest BCUT2D eigenvalue weighted by atomic mass is 10.2. The van der Waals surface area contributed by atoms with Gasteiger partial charge in [0.15, 0.2) is 11.6 Å². The lowest BCUT2D eigenvalue weighted by Crippen LogP contribution is -2.29. The number of aryl methyl sites for hydroxylation is 1. The third-order valence-electron chi connectivity index (χ3n) is 3.66. The van der Waals surface area contributed by atoms with E-state index >= 15 is 0 Å². The zero-order valence-corrected chi connectivity index (χ0v) is 14.0. The van der Waals surface area contributed by atoms with E-state index in [1.807, 2.05) is 0 Å². The van der Waals surface area contributed by atoms with Crippen molar-refractivity contribution < 1.29 is 19.1 Å². The normalized spacial score (nSPS) is 10.4. The summed E-state index contributed by atoms with van der Waals surface area (Å²) in [5, 5.41) is 7.23. The number of fused-ring (bicyclic) bond motifs is 1. The van der Waals surface area contributed by atoms with Crippen LogP contribution < -0.4 is 21.3 Å². The number of benzene rings is 1. The standard InChI is InChI=1S/C16H16N6O4/c1-9-12(26-16(24)25-2)7-22-13(9)14(18-8-19-22)20-11-5-3-4-10(6-11)15(23)21-17/h3-8H,17H2,1-2H3,(H,21,23)(H,18,19,20). The number of aromatic nitrogens is 3. The molecule has 0 fully saturated rings. The van der Waals surface area contributed by atoms with Gasteiger partial charge in [-0.3, -0.25) is 10.2 Å². The molecule has 0 atom stereocenters. The van der Waals surface area contributed by atoms with Crippen LogP contribution in [0.3, 0.4) is 0 Å². The molecule has 0 spiro atoms. The van der Waals surface area contributed by atoms with Gasteiger partial charge in [0, 0.05) is 16.8 Å². The third-order valence-corrected chi connectivity index (χ3v) is 3.66. The van der Waals surface area contributed by atoms with Crippen molar-refractivity contribution in [1.82, 2.24) is 20.0 Å². The molecule has 4 N–H and O–H groups in total. The average molecular weight is 356 g/mol. The van der Waals surface area contributed by atoms with E-state index in [2.05, 4.69) is 25.6 Å². The Balaban J connectivity index is 1.98. The van der Waals surface area contributed by atoms with Crippen LogP contribution in [0.5, 0.6) is 5.75 Å². The first kappa shape index (κ1) is 17.2. The van der Waals surface area contributed by atoms with Crippen molar-refractivity contribution in [2.24, 2.45) is 5.84 Å². The van der Waals surface area contributed by atoms with Crippen LogP contribution in [0, 0.1) is 6.92 Å². The SMILES string of the molecule is COC(=O)Oc1cn2ncnc(Nc3cccc(C(=O)NN)c3)c2c1C. The highest BCUT2D eigenvalue weighted by Gasteiger charge is 2.17. The van der Waals surface area contributed by atoms with Crippen LogP contribution in [0.4, 0.5) is 16.3 Å². The molecule has 0 bridgehead atoms. The van der Waals surface area contributed by atoms with Gasteiger partial charge in [-0.2, -0.15) is 5.10 Å². The highest BCUT2D eigenvalue weighted by atomic mass is 16.7. The molecular formula is C16H16N6O4. The predicted molar refractivity (Wildman–Crippen MR) is 92.1 cm³/mol. The van der Waals surface area contributed by atoms with Crippen LogP contribution in [-0.4, -0.2) is 33.8 Å². The molecule has 2 aromatic heterocycles. The Morgan fingerprint density at radius 3 is 2.85 bits per heavy atom. The molecule has 26 heavy (non-hydrogen) atoms. The largest absolute Gasteiger partial charge is 0.513 e. The molecule has 0 unspecified atom stereocenters. The van der Waals surface area contributed by atoms with E-state index in [0.29, 0.717) is 33.9 Å². The van der Waals surface area contributed by atoms with Crippen LogP contribution in [0.15, 0.2) is 36.8 Å². The molecule has 0 radical (unpaired) electrons. The van der Waals surface area contributed by atoms with E-state index in [9.17, 15) is 9.59 Å². The van der Waals surface area contributed by atoms with Gasteiger partial charge in [0.25, 0.3) is 5.91 Å². The van der Waals surface area contributed by atoms with Crippen molar-refractivity contribution >= 4 is 29.1 Å². The minimum Gasteiger partial charge on any atom is -0.437 e. The Kier molecular flexibility index (Phi) is 4.67. The van der Waals surface area contributed by atoms with Crippen molar-refractivity contribution in [3.63, 3.8) is 0 Å². The summed E-state index contributed by atoms with van der Waals surface area (Å²) >= 11 is 0. The second-order valence-electron chi connectivity index (χ2n) is 5.26. The minimum absolute atomic E-state index is 0.302. The molecule has 10 nitrogen and oxygen atoms in total. The second-order valence-corrected chi connectivity index (χ2v) is 5.26. The van der Waals surface area contributed by atoms with E-state index in [4.69, 9.17) is 10.6 Å². The van der Waals surface area contributed by atoms with Gasteiger partial charge < -0.3 is 14.8 Å². The molecule has 0 aliphatic carbocycles. The summed E-state index contributed by atoms with van der Waals surface area (Å²) in [4.78, 5) is 27.3. The average Bonchev–Trinajstić information content (AvgIpc) is 2.97. The lowest BCUT2D eigenvalue weighted by Gasteiger charge is -2.09. The Morgan fingerprint density at radius 1 is 1.31 bits per heavy atom.